The average molecular weight is 451 g/mol. The molecule has 1 saturated heterocycles. The van der Waals surface area contributed by atoms with Crippen molar-refractivity contribution in [2.24, 2.45) is 0 Å². The minimum absolute atomic E-state index is 0.0922. The molecule has 3 rings (SSSR count). The van der Waals surface area contributed by atoms with Crippen LogP contribution in [0.4, 0.5) is 5.69 Å². The van der Waals surface area contributed by atoms with Gasteiger partial charge in [-0.1, -0.05) is 30.3 Å². The standard InChI is InChI=1S/C17H19N3O4S.C2H2O4/c21-20(22)16-6-8-17(9-7-16)25(23,24)19-12-10-18(11-13-19)14-15-4-2-1-3-5-15;3-1(4)2(5)6/h1-9H,10-14H2;(H,3,4)(H,5,6). The summed E-state index contributed by atoms with van der Waals surface area (Å²) in [6.07, 6.45) is 0. The van der Waals surface area contributed by atoms with Crippen LogP contribution in [0.1, 0.15) is 5.56 Å². The van der Waals surface area contributed by atoms with E-state index in [0.717, 1.165) is 6.54 Å². The fourth-order valence-corrected chi connectivity index (χ4v) is 4.28. The highest BCUT2D eigenvalue weighted by molar-refractivity contribution is 7.89. The Bertz CT molecular complexity index is 1010. The summed E-state index contributed by atoms with van der Waals surface area (Å²) in [5.74, 6) is -3.65. The van der Waals surface area contributed by atoms with Crippen molar-refractivity contribution in [2.75, 3.05) is 26.2 Å². The Morgan fingerprint density at radius 3 is 1.87 bits per heavy atom. The van der Waals surface area contributed by atoms with Crippen LogP contribution in [0, 0.1) is 10.1 Å². The smallest absolute Gasteiger partial charge is 0.414 e. The van der Waals surface area contributed by atoms with Crippen molar-refractivity contribution >= 4 is 27.6 Å². The van der Waals surface area contributed by atoms with Crippen molar-refractivity contribution in [1.82, 2.24) is 9.21 Å². The van der Waals surface area contributed by atoms with E-state index in [1.165, 1.54) is 34.1 Å². The molecule has 31 heavy (non-hydrogen) atoms. The lowest BCUT2D eigenvalue weighted by atomic mass is 10.2. The monoisotopic (exact) mass is 451 g/mol. The van der Waals surface area contributed by atoms with Crippen LogP contribution in [0.2, 0.25) is 0 Å². The van der Waals surface area contributed by atoms with E-state index in [2.05, 4.69) is 17.0 Å². The number of nitrogens with zero attached hydrogens (tertiary/aromatic N) is 3. The molecule has 1 heterocycles. The topological polar surface area (TPSA) is 158 Å². The van der Waals surface area contributed by atoms with Crippen LogP contribution in [0.5, 0.6) is 0 Å². The zero-order chi connectivity index (χ0) is 23.0. The number of carboxylic acids is 2. The van der Waals surface area contributed by atoms with Gasteiger partial charge in [-0.2, -0.15) is 4.31 Å². The molecule has 0 saturated carbocycles. The van der Waals surface area contributed by atoms with Gasteiger partial charge in [0.25, 0.3) is 5.69 Å². The molecule has 1 aliphatic heterocycles. The number of hydrogen-bond donors (Lipinski definition) is 2. The molecule has 0 bridgehead atoms. The second kappa shape index (κ2) is 10.6. The summed E-state index contributed by atoms with van der Waals surface area (Å²) in [4.78, 5) is 30.7. The number of benzene rings is 2. The van der Waals surface area contributed by atoms with E-state index in [-0.39, 0.29) is 10.6 Å². The predicted molar refractivity (Wildman–Crippen MR) is 109 cm³/mol. The largest absolute Gasteiger partial charge is 0.473 e. The second-order valence-electron chi connectivity index (χ2n) is 6.53. The van der Waals surface area contributed by atoms with Crippen LogP contribution in [0.25, 0.3) is 0 Å². The molecule has 0 radical (unpaired) electrons. The number of nitro benzene ring substituents is 1. The van der Waals surface area contributed by atoms with Gasteiger partial charge in [0.15, 0.2) is 0 Å². The maximum absolute atomic E-state index is 12.7. The van der Waals surface area contributed by atoms with Gasteiger partial charge in [-0.3, -0.25) is 15.0 Å². The lowest BCUT2D eigenvalue weighted by Gasteiger charge is -2.34. The van der Waals surface area contributed by atoms with Crippen molar-refractivity contribution < 1.29 is 33.1 Å². The Morgan fingerprint density at radius 1 is 0.903 bits per heavy atom. The summed E-state index contributed by atoms with van der Waals surface area (Å²) in [7, 11) is -3.62. The molecule has 0 atom stereocenters. The SMILES string of the molecule is O=C(O)C(=O)O.O=[N+]([O-])c1ccc(S(=O)(=O)N2CCN(Cc3ccccc3)CC2)cc1. The molecule has 0 unspecified atom stereocenters. The number of piperazine rings is 1. The fraction of sp³-hybridized carbons (Fsp3) is 0.263. The van der Waals surface area contributed by atoms with E-state index in [4.69, 9.17) is 19.8 Å². The van der Waals surface area contributed by atoms with Crippen LogP contribution >= 0.6 is 0 Å². The van der Waals surface area contributed by atoms with E-state index in [1.54, 1.807) is 0 Å². The van der Waals surface area contributed by atoms with Gasteiger partial charge in [0.1, 0.15) is 0 Å². The maximum Gasteiger partial charge on any atom is 0.414 e. The van der Waals surface area contributed by atoms with Crippen LogP contribution in [0.15, 0.2) is 59.5 Å². The molecule has 12 heteroatoms. The maximum atomic E-state index is 12.7. The lowest BCUT2D eigenvalue weighted by Crippen LogP contribution is -2.48. The average Bonchev–Trinajstić information content (AvgIpc) is 2.75. The van der Waals surface area contributed by atoms with Crippen LogP contribution in [-0.4, -0.2) is 70.9 Å². The van der Waals surface area contributed by atoms with Gasteiger partial charge in [-0.05, 0) is 17.7 Å². The van der Waals surface area contributed by atoms with Crippen LogP contribution < -0.4 is 0 Å². The number of sulfonamides is 1. The molecule has 2 aromatic carbocycles. The van der Waals surface area contributed by atoms with Gasteiger partial charge < -0.3 is 10.2 Å². The zero-order valence-electron chi connectivity index (χ0n) is 16.3. The number of nitro groups is 1. The summed E-state index contributed by atoms with van der Waals surface area (Å²) in [6.45, 7) is 2.92. The highest BCUT2D eigenvalue weighted by atomic mass is 32.2. The Morgan fingerprint density at radius 2 is 1.42 bits per heavy atom. The minimum atomic E-state index is -3.62. The quantitative estimate of drug-likeness (QED) is 0.388. The minimum Gasteiger partial charge on any atom is -0.473 e. The molecule has 0 aliphatic carbocycles. The third-order valence-electron chi connectivity index (χ3n) is 4.45. The first-order chi connectivity index (χ1) is 14.6. The molecular weight excluding hydrogens is 430 g/mol. The van der Waals surface area contributed by atoms with Gasteiger partial charge in [0.05, 0.1) is 9.82 Å². The highest BCUT2D eigenvalue weighted by Crippen LogP contribution is 2.21. The Hall–Kier alpha value is -3.35. The number of hydrogen-bond acceptors (Lipinski definition) is 7. The van der Waals surface area contributed by atoms with Crippen molar-refractivity contribution in [1.29, 1.82) is 0 Å². The first kappa shape index (κ1) is 23.9. The Labute approximate surface area is 178 Å². The number of aliphatic carboxylic acids is 2. The van der Waals surface area contributed by atoms with Gasteiger partial charge in [-0.15, -0.1) is 0 Å². The molecule has 2 aromatic rings. The number of carbonyl (C=O) groups is 2. The third-order valence-corrected chi connectivity index (χ3v) is 6.36. The molecule has 0 amide bonds. The highest BCUT2D eigenvalue weighted by Gasteiger charge is 2.28. The van der Waals surface area contributed by atoms with E-state index in [9.17, 15) is 18.5 Å². The second-order valence-corrected chi connectivity index (χ2v) is 8.47. The van der Waals surface area contributed by atoms with E-state index < -0.39 is 26.9 Å². The molecule has 0 aromatic heterocycles. The lowest BCUT2D eigenvalue weighted by molar-refractivity contribution is -0.384. The van der Waals surface area contributed by atoms with E-state index in [0.29, 0.717) is 26.2 Å². The van der Waals surface area contributed by atoms with Gasteiger partial charge >= 0.3 is 11.9 Å². The first-order valence-electron chi connectivity index (χ1n) is 9.08. The number of rotatable bonds is 5. The van der Waals surface area contributed by atoms with Crippen molar-refractivity contribution in [3.63, 3.8) is 0 Å². The van der Waals surface area contributed by atoms with Crippen LogP contribution in [-0.2, 0) is 26.2 Å². The van der Waals surface area contributed by atoms with Crippen molar-refractivity contribution in [3.05, 3.63) is 70.3 Å². The summed E-state index contributed by atoms with van der Waals surface area (Å²) < 4.78 is 26.8. The molecule has 2 N–H and O–H groups in total. The zero-order valence-corrected chi connectivity index (χ0v) is 17.1. The summed E-state index contributed by atoms with van der Waals surface area (Å²) in [5, 5.41) is 25.5. The number of non-ortho nitro benzene ring substituents is 1. The number of carboxylic acid groups (broad SMARTS) is 2. The summed E-state index contributed by atoms with van der Waals surface area (Å²) in [5.41, 5.74) is 1.08. The van der Waals surface area contributed by atoms with Gasteiger partial charge in [0, 0.05) is 44.9 Å². The Kier molecular flexibility index (Phi) is 8.19. The predicted octanol–water partition coefficient (Wildman–Crippen LogP) is 1.26. The van der Waals surface area contributed by atoms with E-state index in [1.807, 2.05) is 18.2 Å². The van der Waals surface area contributed by atoms with Crippen LogP contribution in [0.3, 0.4) is 0 Å². The van der Waals surface area contributed by atoms with Gasteiger partial charge in [-0.25, -0.2) is 18.0 Å². The first-order valence-corrected chi connectivity index (χ1v) is 10.5. The summed E-state index contributed by atoms with van der Waals surface area (Å²) >= 11 is 0. The Balaban J connectivity index is 0.000000501. The normalized spacial score (nSPS) is 14.8. The van der Waals surface area contributed by atoms with Gasteiger partial charge in [0.2, 0.25) is 10.0 Å². The van der Waals surface area contributed by atoms with E-state index >= 15 is 0 Å². The molecule has 0 spiro atoms. The fourth-order valence-electron chi connectivity index (χ4n) is 2.86. The van der Waals surface area contributed by atoms with Crippen molar-refractivity contribution in [3.8, 4) is 0 Å². The molecule has 166 valence electrons. The van der Waals surface area contributed by atoms with Crippen molar-refractivity contribution in [2.45, 2.75) is 11.4 Å². The molecule has 1 fully saturated rings. The summed E-state index contributed by atoms with van der Waals surface area (Å²) in [6, 6.07) is 15.1. The molecule has 11 nitrogen and oxygen atoms in total. The molecular formula is C19H21N3O8S. The third kappa shape index (κ3) is 6.84. The molecule has 1 aliphatic rings.